The monoisotopic (exact) mass is 235 g/mol. The molecule has 1 atom stereocenters. The highest BCUT2D eigenvalue weighted by Crippen LogP contribution is 2.21. The highest BCUT2D eigenvalue weighted by atomic mass is 16.4. The van der Waals surface area contributed by atoms with Crippen molar-refractivity contribution in [3.8, 4) is 0 Å². The second-order valence-corrected chi connectivity index (χ2v) is 4.21. The molecule has 0 fully saturated rings. The average molecular weight is 235 g/mol. The molecule has 1 amide bonds. The van der Waals surface area contributed by atoms with Gasteiger partial charge in [0.25, 0.3) is 0 Å². The molecular formula is C13H17NO3. The Morgan fingerprint density at radius 3 is 2.47 bits per heavy atom. The highest BCUT2D eigenvalue weighted by molar-refractivity contribution is 5.75. The minimum Gasteiger partial charge on any atom is -0.481 e. The fourth-order valence-electron chi connectivity index (χ4n) is 1.88. The van der Waals surface area contributed by atoms with E-state index in [2.05, 4.69) is 5.32 Å². The quantitative estimate of drug-likeness (QED) is 0.838. The molecule has 0 saturated heterocycles. The van der Waals surface area contributed by atoms with Crippen molar-refractivity contribution in [3.05, 3.63) is 34.9 Å². The molecule has 1 rings (SSSR count). The summed E-state index contributed by atoms with van der Waals surface area (Å²) in [5.41, 5.74) is 2.96. The van der Waals surface area contributed by atoms with Gasteiger partial charge in [-0.1, -0.05) is 23.8 Å². The first kappa shape index (κ1) is 13.2. The summed E-state index contributed by atoms with van der Waals surface area (Å²) >= 11 is 0. The summed E-state index contributed by atoms with van der Waals surface area (Å²) in [6, 6.07) is 5.30. The first-order valence-electron chi connectivity index (χ1n) is 5.46. The van der Waals surface area contributed by atoms with Crippen LogP contribution in [0.15, 0.2) is 18.2 Å². The maximum absolute atomic E-state index is 11.1. The lowest BCUT2D eigenvalue weighted by molar-refractivity contribution is -0.137. The predicted molar refractivity (Wildman–Crippen MR) is 64.7 cm³/mol. The van der Waals surface area contributed by atoms with Crippen molar-refractivity contribution in [2.24, 2.45) is 0 Å². The number of rotatable bonds is 4. The minimum atomic E-state index is -0.927. The summed E-state index contributed by atoms with van der Waals surface area (Å²) in [6.07, 6.45) is -0.108. The fourth-order valence-corrected chi connectivity index (χ4v) is 1.88. The van der Waals surface area contributed by atoms with E-state index in [9.17, 15) is 9.59 Å². The van der Waals surface area contributed by atoms with Gasteiger partial charge in [-0.15, -0.1) is 0 Å². The number of amides is 1. The maximum Gasteiger partial charge on any atom is 0.305 e. The molecule has 0 aliphatic rings. The number of nitrogens with one attached hydrogen (secondary N) is 1. The first-order valence-corrected chi connectivity index (χ1v) is 5.46. The Kier molecular flexibility index (Phi) is 4.26. The predicted octanol–water partition coefficient (Wildman–Crippen LogP) is 1.96. The molecule has 0 aliphatic heterocycles. The Labute approximate surface area is 101 Å². The molecular weight excluding hydrogens is 218 g/mol. The van der Waals surface area contributed by atoms with Gasteiger partial charge in [0, 0.05) is 6.92 Å². The van der Waals surface area contributed by atoms with Gasteiger partial charge in [0.2, 0.25) is 5.91 Å². The van der Waals surface area contributed by atoms with Crippen molar-refractivity contribution in [2.45, 2.75) is 33.2 Å². The van der Waals surface area contributed by atoms with Gasteiger partial charge in [-0.25, -0.2) is 0 Å². The van der Waals surface area contributed by atoms with Crippen molar-refractivity contribution >= 4 is 11.9 Å². The second-order valence-electron chi connectivity index (χ2n) is 4.21. The van der Waals surface area contributed by atoms with E-state index in [4.69, 9.17) is 5.11 Å². The number of hydrogen-bond donors (Lipinski definition) is 2. The lowest BCUT2D eigenvalue weighted by atomic mass is 9.97. The van der Waals surface area contributed by atoms with E-state index in [-0.39, 0.29) is 12.3 Å². The summed E-state index contributed by atoms with van der Waals surface area (Å²) in [6.45, 7) is 5.28. The van der Waals surface area contributed by atoms with Gasteiger partial charge in [0.05, 0.1) is 12.5 Å². The van der Waals surface area contributed by atoms with E-state index in [0.29, 0.717) is 0 Å². The zero-order chi connectivity index (χ0) is 13.0. The van der Waals surface area contributed by atoms with Crippen molar-refractivity contribution in [2.75, 3.05) is 0 Å². The zero-order valence-corrected chi connectivity index (χ0v) is 10.3. The van der Waals surface area contributed by atoms with Crippen LogP contribution >= 0.6 is 0 Å². The SMILES string of the molecule is CC(=O)NC(CC(=O)O)c1ccc(C)cc1C. The van der Waals surface area contributed by atoms with Crippen LogP contribution in [0.2, 0.25) is 0 Å². The van der Waals surface area contributed by atoms with Gasteiger partial charge < -0.3 is 10.4 Å². The standard InChI is InChI=1S/C13H17NO3/c1-8-4-5-11(9(2)6-8)12(7-13(16)17)14-10(3)15/h4-6,12H,7H2,1-3H3,(H,14,15)(H,16,17). The van der Waals surface area contributed by atoms with Gasteiger partial charge in [-0.2, -0.15) is 0 Å². The molecule has 0 aliphatic carbocycles. The summed E-state index contributed by atoms with van der Waals surface area (Å²) in [7, 11) is 0. The number of carboxylic acid groups (broad SMARTS) is 1. The molecule has 0 bridgehead atoms. The van der Waals surface area contributed by atoms with E-state index >= 15 is 0 Å². The van der Waals surface area contributed by atoms with E-state index in [1.165, 1.54) is 6.92 Å². The molecule has 17 heavy (non-hydrogen) atoms. The smallest absolute Gasteiger partial charge is 0.305 e. The Bertz CT molecular complexity index is 424. The number of benzene rings is 1. The van der Waals surface area contributed by atoms with Crippen molar-refractivity contribution in [1.82, 2.24) is 5.32 Å². The number of hydrogen-bond acceptors (Lipinski definition) is 2. The number of aliphatic carboxylic acids is 1. The van der Waals surface area contributed by atoms with E-state index < -0.39 is 12.0 Å². The third kappa shape index (κ3) is 3.90. The lowest BCUT2D eigenvalue weighted by Crippen LogP contribution is -2.28. The molecule has 1 aromatic rings. The Morgan fingerprint density at radius 2 is 2.00 bits per heavy atom. The third-order valence-electron chi connectivity index (χ3n) is 2.56. The van der Waals surface area contributed by atoms with E-state index in [0.717, 1.165) is 16.7 Å². The molecule has 1 unspecified atom stereocenters. The van der Waals surface area contributed by atoms with Crippen LogP contribution in [-0.2, 0) is 9.59 Å². The molecule has 0 saturated carbocycles. The number of carboxylic acids is 1. The highest BCUT2D eigenvalue weighted by Gasteiger charge is 2.18. The van der Waals surface area contributed by atoms with Crippen molar-refractivity contribution in [1.29, 1.82) is 0 Å². The van der Waals surface area contributed by atoms with Crippen molar-refractivity contribution in [3.63, 3.8) is 0 Å². The number of carbonyl (C=O) groups is 2. The van der Waals surface area contributed by atoms with Crippen LogP contribution in [0.5, 0.6) is 0 Å². The summed E-state index contributed by atoms with van der Waals surface area (Å²) in [5, 5.41) is 11.5. The van der Waals surface area contributed by atoms with Crippen molar-refractivity contribution < 1.29 is 14.7 Å². The van der Waals surface area contributed by atoms with Gasteiger partial charge in [-0.3, -0.25) is 9.59 Å². The lowest BCUT2D eigenvalue weighted by Gasteiger charge is -2.18. The van der Waals surface area contributed by atoms with Crippen LogP contribution in [-0.4, -0.2) is 17.0 Å². The molecule has 4 nitrogen and oxygen atoms in total. The fraction of sp³-hybridized carbons (Fsp3) is 0.385. The normalized spacial score (nSPS) is 11.9. The topological polar surface area (TPSA) is 66.4 Å². The van der Waals surface area contributed by atoms with Crippen LogP contribution in [0, 0.1) is 13.8 Å². The van der Waals surface area contributed by atoms with Crippen LogP contribution < -0.4 is 5.32 Å². The average Bonchev–Trinajstić information content (AvgIpc) is 2.14. The first-order chi connectivity index (χ1) is 7.90. The van der Waals surface area contributed by atoms with Crippen LogP contribution in [0.4, 0.5) is 0 Å². The van der Waals surface area contributed by atoms with Gasteiger partial charge in [0.15, 0.2) is 0 Å². The summed E-state index contributed by atoms with van der Waals surface area (Å²) in [4.78, 5) is 21.9. The molecule has 92 valence electrons. The molecule has 0 radical (unpaired) electrons. The summed E-state index contributed by atoms with van der Waals surface area (Å²) in [5.74, 6) is -1.15. The third-order valence-corrected chi connectivity index (χ3v) is 2.56. The Balaban J connectivity index is 3.02. The molecule has 0 spiro atoms. The van der Waals surface area contributed by atoms with E-state index in [1.807, 2.05) is 32.0 Å². The van der Waals surface area contributed by atoms with Crippen LogP contribution in [0.25, 0.3) is 0 Å². The number of carbonyl (C=O) groups excluding carboxylic acids is 1. The van der Waals surface area contributed by atoms with Gasteiger partial charge in [-0.05, 0) is 25.0 Å². The molecule has 1 aromatic carbocycles. The maximum atomic E-state index is 11.1. The van der Waals surface area contributed by atoms with Crippen LogP contribution in [0.3, 0.4) is 0 Å². The van der Waals surface area contributed by atoms with Gasteiger partial charge in [0.1, 0.15) is 0 Å². The zero-order valence-electron chi connectivity index (χ0n) is 10.3. The second kappa shape index (κ2) is 5.48. The number of aryl methyl sites for hydroxylation is 2. The Hall–Kier alpha value is -1.84. The van der Waals surface area contributed by atoms with Crippen LogP contribution in [0.1, 0.15) is 36.1 Å². The molecule has 0 aromatic heterocycles. The van der Waals surface area contributed by atoms with Gasteiger partial charge >= 0.3 is 5.97 Å². The summed E-state index contributed by atoms with van der Waals surface area (Å²) < 4.78 is 0. The Morgan fingerprint density at radius 1 is 1.35 bits per heavy atom. The molecule has 0 heterocycles. The van der Waals surface area contributed by atoms with E-state index in [1.54, 1.807) is 0 Å². The molecule has 4 heteroatoms. The largest absolute Gasteiger partial charge is 0.481 e. The minimum absolute atomic E-state index is 0.108. The molecule has 2 N–H and O–H groups in total.